The van der Waals surface area contributed by atoms with E-state index in [1.807, 2.05) is 5.38 Å². The number of nitrogens with one attached hydrogen (secondary N) is 3. The van der Waals surface area contributed by atoms with E-state index in [0.717, 1.165) is 6.20 Å². The van der Waals surface area contributed by atoms with Crippen LogP contribution in [-0.4, -0.2) is 49.2 Å². The van der Waals surface area contributed by atoms with Gasteiger partial charge >= 0.3 is 12.2 Å². The summed E-state index contributed by atoms with van der Waals surface area (Å²) in [4.78, 5) is 24.6. The van der Waals surface area contributed by atoms with Crippen LogP contribution in [0.5, 0.6) is 0 Å². The zero-order chi connectivity index (χ0) is 19.7. The van der Waals surface area contributed by atoms with Crippen molar-refractivity contribution >= 4 is 23.1 Å². The number of alkyl halides is 3. The predicted molar refractivity (Wildman–Crippen MR) is 95.9 cm³/mol. The van der Waals surface area contributed by atoms with Gasteiger partial charge in [-0.05, 0) is 12.8 Å². The van der Waals surface area contributed by atoms with Crippen LogP contribution in [0, 0.1) is 0 Å². The van der Waals surface area contributed by atoms with E-state index in [-0.39, 0.29) is 24.3 Å². The molecule has 1 atom stereocenters. The smallest absolute Gasteiger partial charge is 0.338 e. The zero-order valence-electron chi connectivity index (χ0n) is 14.5. The minimum absolute atomic E-state index is 0.247. The zero-order valence-corrected chi connectivity index (χ0v) is 15.3. The molecule has 1 unspecified atom stereocenters. The van der Waals surface area contributed by atoms with E-state index >= 15 is 0 Å². The number of urea groups is 1. The average molecular weight is 411 g/mol. The minimum Gasteiger partial charge on any atom is -0.338 e. The first-order chi connectivity index (χ1) is 13.4. The van der Waals surface area contributed by atoms with Crippen molar-refractivity contribution in [2.45, 2.75) is 24.9 Å². The van der Waals surface area contributed by atoms with E-state index in [1.165, 1.54) is 17.5 Å². The number of nitrogens with zero attached hydrogens (tertiary/aromatic N) is 4. The summed E-state index contributed by atoms with van der Waals surface area (Å²) >= 11 is 1.41. The lowest BCUT2D eigenvalue weighted by Crippen LogP contribution is -2.41. The summed E-state index contributed by atoms with van der Waals surface area (Å²) in [6.07, 6.45) is 0.804. The molecule has 3 aromatic rings. The van der Waals surface area contributed by atoms with E-state index in [2.05, 4.69) is 30.5 Å². The van der Waals surface area contributed by atoms with Gasteiger partial charge in [-0.25, -0.2) is 14.8 Å². The molecular weight excluding hydrogens is 395 g/mol. The fourth-order valence-electron chi connectivity index (χ4n) is 3.16. The van der Waals surface area contributed by atoms with Crippen LogP contribution in [0.3, 0.4) is 0 Å². The number of hydrogen-bond donors (Lipinski definition) is 3. The first-order valence-corrected chi connectivity index (χ1v) is 9.41. The van der Waals surface area contributed by atoms with Crippen molar-refractivity contribution in [1.29, 1.82) is 0 Å². The summed E-state index contributed by atoms with van der Waals surface area (Å²) in [5.41, 5.74) is 0.229. The van der Waals surface area contributed by atoms with Gasteiger partial charge in [-0.15, -0.1) is 11.3 Å². The Balaban J connectivity index is 1.44. The number of H-pyrrole nitrogens is 2. The lowest BCUT2D eigenvalue weighted by atomic mass is 9.97. The van der Waals surface area contributed by atoms with Crippen molar-refractivity contribution in [2.24, 2.45) is 0 Å². The molecule has 148 valence electrons. The Bertz CT molecular complexity index is 950. The maximum Gasteiger partial charge on any atom is 0.432 e. The highest BCUT2D eigenvalue weighted by Crippen LogP contribution is 2.32. The van der Waals surface area contributed by atoms with E-state index in [9.17, 15) is 18.0 Å². The Labute approximate surface area is 161 Å². The monoisotopic (exact) mass is 411 g/mol. The molecule has 8 nitrogen and oxygen atoms in total. The first-order valence-electron chi connectivity index (χ1n) is 8.53. The summed E-state index contributed by atoms with van der Waals surface area (Å²) in [5, 5.41) is 12.1. The number of rotatable bonds is 3. The molecular formula is C16H16F3N7OS. The third kappa shape index (κ3) is 3.72. The maximum atomic E-state index is 12.8. The highest BCUT2D eigenvalue weighted by atomic mass is 32.1. The first kappa shape index (κ1) is 18.5. The number of aromatic amines is 2. The Morgan fingerprint density at radius 1 is 1.32 bits per heavy atom. The van der Waals surface area contributed by atoms with Gasteiger partial charge in [-0.2, -0.15) is 18.3 Å². The SMILES string of the molecule is O=C(Nc1cn[nH]c1-c1nccs1)N1CCCC(c2ncc(C(F)(F)F)[nH]2)C1. The van der Waals surface area contributed by atoms with Crippen LogP contribution in [0.4, 0.5) is 23.7 Å². The molecule has 2 amide bonds. The molecule has 0 radical (unpaired) electrons. The molecule has 1 fully saturated rings. The number of amides is 2. The third-order valence-corrected chi connectivity index (χ3v) is 5.31. The minimum atomic E-state index is -4.47. The molecule has 28 heavy (non-hydrogen) atoms. The summed E-state index contributed by atoms with van der Waals surface area (Å²) in [7, 11) is 0. The second-order valence-electron chi connectivity index (χ2n) is 6.39. The molecule has 1 saturated heterocycles. The molecule has 3 aromatic heterocycles. The number of hydrogen-bond acceptors (Lipinski definition) is 5. The molecule has 4 heterocycles. The van der Waals surface area contributed by atoms with E-state index < -0.39 is 11.9 Å². The quantitative estimate of drug-likeness (QED) is 0.612. The van der Waals surface area contributed by atoms with Crippen LogP contribution in [0.1, 0.15) is 30.3 Å². The number of thiazole rings is 1. The molecule has 0 bridgehead atoms. The van der Waals surface area contributed by atoms with Crippen LogP contribution in [0.25, 0.3) is 10.7 Å². The van der Waals surface area contributed by atoms with Gasteiger partial charge in [-0.3, -0.25) is 5.10 Å². The highest BCUT2D eigenvalue weighted by molar-refractivity contribution is 7.13. The summed E-state index contributed by atoms with van der Waals surface area (Å²) in [5.74, 6) is -0.0324. The largest absolute Gasteiger partial charge is 0.432 e. The van der Waals surface area contributed by atoms with Gasteiger partial charge in [0, 0.05) is 30.6 Å². The number of carbonyl (C=O) groups excluding carboxylic acids is 1. The van der Waals surface area contributed by atoms with Crippen molar-refractivity contribution in [2.75, 3.05) is 18.4 Å². The number of piperidine rings is 1. The molecule has 12 heteroatoms. The second-order valence-corrected chi connectivity index (χ2v) is 7.29. The normalized spacial score (nSPS) is 17.7. The lowest BCUT2D eigenvalue weighted by Gasteiger charge is -2.31. The highest BCUT2D eigenvalue weighted by Gasteiger charge is 2.35. The van der Waals surface area contributed by atoms with E-state index in [4.69, 9.17) is 0 Å². The third-order valence-electron chi connectivity index (χ3n) is 4.52. The van der Waals surface area contributed by atoms with E-state index in [1.54, 1.807) is 11.1 Å². The van der Waals surface area contributed by atoms with Gasteiger partial charge in [0.05, 0.1) is 18.1 Å². The van der Waals surface area contributed by atoms with Crippen molar-refractivity contribution < 1.29 is 18.0 Å². The number of imidazole rings is 1. The number of anilines is 1. The van der Waals surface area contributed by atoms with Crippen LogP contribution in [0.2, 0.25) is 0 Å². The lowest BCUT2D eigenvalue weighted by molar-refractivity contribution is -0.141. The maximum absolute atomic E-state index is 12.8. The summed E-state index contributed by atoms with van der Waals surface area (Å²) < 4.78 is 38.3. The van der Waals surface area contributed by atoms with Crippen LogP contribution in [0.15, 0.2) is 24.0 Å². The Kier molecular flexibility index (Phi) is 4.79. The van der Waals surface area contributed by atoms with Gasteiger partial charge in [-0.1, -0.05) is 0 Å². The molecule has 0 spiro atoms. The molecule has 4 rings (SSSR count). The molecule has 1 aliphatic rings. The molecule has 0 aliphatic carbocycles. The topological polar surface area (TPSA) is 103 Å². The van der Waals surface area contributed by atoms with Gasteiger partial charge in [0.2, 0.25) is 0 Å². The van der Waals surface area contributed by atoms with Crippen LogP contribution >= 0.6 is 11.3 Å². The van der Waals surface area contributed by atoms with Crippen molar-refractivity contribution in [3.8, 4) is 10.7 Å². The Morgan fingerprint density at radius 3 is 2.89 bits per heavy atom. The molecule has 3 N–H and O–H groups in total. The van der Waals surface area contributed by atoms with E-state index in [0.29, 0.717) is 35.8 Å². The number of aromatic nitrogens is 5. The second kappa shape index (κ2) is 7.26. The van der Waals surface area contributed by atoms with Gasteiger partial charge in [0.15, 0.2) is 0 Å². The fraction of sp³-hybridized carbons (Fsp3) is 0.375. The fourth-order valence-corrected chi connectivity index (χ4v) is 3.80. The Hall–Kier alpha value is -2.89. The standard InChI is InChI=1S/C16H16F3N7OS/c17-16(18,19)11-7-21-13(24-11)9-2-1-4-26(8-9)15(27)23-10-6-22-25-12(10)14-20-3-5-28-14/h3,5-7,9H,1-2,4,8H2,(H,21,24)(H,22,25)(H,23,27). The Morgan fingerprint density at radius 2 is 2.18 bits per heavy atom. The predicted octanol–water partition coefficient (Wildman–Crippen LogP) is 3.69. The number of likely N-dealkylation sites (tertiary alicyclic amines) is 1. The van der Waals surface area contributed by atoms with Crippen molar-refractivity contribution in [3.63, 3.8) is 0 Å². The van der Waals surface area contributed by atoms with Gasteiger partial charge < -0.3 is 15.2 Å². The van der Waals surface area contributed by atoms with Crippen LogP contribution < -0.4 is 5.32 Å². The van der Waals surface area contributed by atoms with Crippen LogP contribution in [-0.2, 0) is 6.18 Å². The van der Waals surface area contributed by atoms with Crippen molar-refractivity contribution in [1.82, 2.24) is 30.0 Å². The molecule has 0 aromatic carbocycles. The van der Waals surface area contributed by atoms with Gasteiger partial charge in [0.25, 0.3) is 0 Å². The summed E-state index contributed by atoms with van der Waals surface area (Å²) in [6, 6.07) is -0.341. The number of halogens is 3. The summed E-state index contributed by atoms with van der Waals surface area (Å²) in [6.45, 7) is 0.792. The number of carbonyl (C=O) groups is 1. The van der Waals surface area contributed by atoms with Crippen molar-refractivity contribution in [3.05, 3.63) is 35.5 Å². The average Bonchev–Trinajstić information content (AvgIpc) is 3.41. The molecule has 1 aliphatic heterocycles. The van der Waals surface area contributed by atoms with Gasteiger partial charge in [0.1, 0.15) is 22.2 Å². The molecule has 0 saturated carbocycles.